The number of aryl methyl sites for hydroxylation is 1. The molecule has 2 heteroatoms. The molecule has 0 fully saturated rings. The van der Waals surface area contributed by atoms with Gasteiger partial charge in [-0.05, 0) is 19.1 Å². The Morgan fingerprint density at radius 2 is 2.25 bits per heavy atom. The molecular weight excluding hydrogens is 100 g/mol. The van der Waals surface area contributed by atoms with Gasteiger partial charge in [0.25, 0.3) is 0 Å². The molecule has 2 N–H and O–H groups in total. The molecular formula is C6H10N2. The highest BCUT2D eigenvalue weighted by Crippen LogP contribution is 2.03. The van der Waals surface area contributed by atoms with E-state index in [1.807, 2.05) is 26.1 Å². The minimum absolute atomic E-state index is 1.07. The fourth-order valence-corrected chi connectivity index (χ4v) is 0.650. The van der Waals surface area contributed by atoms with E-state index >= 15 is 0 Å². The number of aromatic amines is 1. The summed E-state index contributed by atoms with van der Waals surface area (Å²) in [4.78, 5) is 3.11. The van der Waals surface area contributed by atoms with E-state index in [1.165, 1.54) is 5.69 Å². The molecule has 0 aliphatic rings. The van der Waals surface area contributed by atoms with Gasteiger partial charge in [0.2, 0.25) is 0 Å². The Bertz CT molecular complexity index is 167. The lowest BCUT2D eigenvalue weighted by Crippen LogP contribution is -1.85. The topological polar surface area (TPSA) is 27.8 Å². The van der Waals surface area contributed by atoms with Gasteiger partial charge in [0.15, 0.2) is 0 Å². The van der Waals surface area contributed by atoms with Gasteiger partial charge in [-0.1, -0.05) is 0 Å². The molecule has 44 valence electrons. The average Bonchev–Trinajstić information content (AvgIpc) is 2.14. The Morgan fingerprint density at radius 1 is 1.50 bits per heavy atom. The predicted molar refractivity (Wildman–Crippen MR) is 35.1 cm³/mol. The minimum Gasteiger partial charge on any atom is -0.375 e. The maximum atomic E-state index is 3.11. The van der Waals surface area contributed by atoms with Crippen LogP contribution in [0.3, 0.4) is 0 Å². The van der Waals surface area contributed by atoms with Crippen LogP contribution in [0.2, 0.25) is 0 Å². The second-order valence-electron chi connectivity index (χ2n) is 1.81. The lowest BCUT2D eigenvalue weighted by molar-refractivity contribution is 1.25. The summed E-state index contributed by atoms with van der Waals surface area (Å²) in [5, 5.41) is 2.99. The smallest absolute Gasteiger partial charge is 0.103 e. The van der Waals surface area contributed by atoms with Crippen molar-refractivity contribution in [3.05, 3.63) is 17.8 Å². The number of rotatable bonds is 1. The third-order valence-electron chi connectivity index (χ3n) is 1.10. The standard InChI is InChI=1S/C6H10N2/c1-5-3-4-6(7-2)8-5/h3-4,7-8H,1-2H3. The van der Waals surface area contributed by atoms with E-state index in [1.54, 1.807) is 0 Å². The summed E-state index contributed by atoms with van der Waals surface area (Å²) in [5.41, 5.74) is 1.19. The number of hydrogen-bond acceptors (Lipinski definition) is 1. The summed E-state index contributed by atoms with van der Waals surface area (Å²) in [7, 11) is 1.89. The van der Waals surface area contributed by atoms with Crippen molar-refractivity contribution >= 4 is 5.82 Å². The van der Waals surface area contributed by atoms with Gasteiger partial charge < -0.3 is 10.3 Å². The Hall–Kier alpha value is -0.920. The third kappa shape index (κ3) is 0.832. The highest BCUT2D eigenvalue weighted by Gasteiger charge is 1.86. The van der Waals surface area contributed by atoms with E-state index in [-0.39, 0.29) is 0 Å². The van der Waals surface area contributed by atoms with Crippen molar-refractivity contribution in [2.75, 3.05) is 12.4 Å². The van der Waals surface area contributed by atoms with Crippen LogP contribution in [0, 0.1) is 6.92 Å². The van der Waals surface area contributed by atoms with Crippen molar-refractivity contribution in [1.29, 1.82) is 0 Å². The van der Waals surface area contributed by atoms with E-state index < -0.39 is 0 Å². The van der Waals surface area contributed by atoms with Crippen LogP contribution in [0.5, 0.6) is 0 Å². The van der Waals surface area contributed by atoms with Crippen molar-refractivity contribution in [2.24, 2.45) is 0 Å². The number of hydrogen-bond donors (Lipinski definition) is 2. The molecule has 0 aliphatic heterocycles. The van der Waals surface area contributed by atoms with Crippen LogP contribution in [-0.2, 0) is 0 Å². The molecule has 1 aromatic heterocycles. The summed E-state index contributed by atoms with van der Waals surface area (Å²) in [6.07, 6.45) is 0. The van der Waals surface area contributed by atoms with E-state index in [4.69, 9.17) is 0 Å². The van der Waals surface area contributed by atoms with Crippen LogP contribution in [-0.4, -0.2) is 12.0 Å². The molecule has 0 unspecified atom stereocenters. The van der Waals surface area contributed by atoms with Crippen molar-refractivity contribution in [3.8, 4) is 0 Å². The largest absolute Gasteiger partial charge is 0.375 e. The molecule has 0 saturated heterocycles. The zero-order valence-electron chi connectivity index (χ0n) is 5.15. The zero-order valence-corrected chi connectivity index (χ0v) is 5.15. The zero-order chi connectivity index (χ0) is 5.98. The number of anilines is 1. The van der Waals surface area contributed by atoms with Gasteiger partial charge >= 0.3 is 0 Å². The SMILES string of the molecule is CNc1ccc(C)[nH]1. The fourth-order valence-electron chi connectivity index (χ4n) is 0.650. The second kappa shape index (κ2) is 1.90. The van der Waals surface area contributed by atoms with Gasteiger partial charge in [0.05, 0.1) is 0 Å². The van der Waals surface area contributed by atoms with E-state index in [0.717, 1.165) is 5.82 Å². The Morgan fingerprint density at radius 3 is 2.50 bits per heavy atom. The molecule has 0 aliphatic carbocycles. The van der Waals surface area contributed by atoms with Crippen LogP contribution < -0.4 is 5.32 Å². The van der Waals surface area contributed by atoms with Crippen LogP contribution >= 0.6 is 0 Å². The molecule has 0 atom stereocenters. The molecule has 0 aromatic carbocycles. The highest BCUT2D eigenvalue weighted by atomic mass is 15.0. The molecule has 0 saturated carbocycles. The quantitative estimate of drug-likeness (QED) is 0.561. The molecule has 1 aromatic rings. The molecule has 0 bridgehead atoms. The summed E-state index contributed by atoms with van der Waals surface area (Å²) in [6, 6.07) is 4.04. The molecule has 1 rings (SSSR count). The fraction of sp³-hybridized carbons (Fsp3) is 0.333. The number of nitrogens with one attached hydrogen (secondary N) is 2. The second-order valence-corrected chi connectivity index (χ2v) is 1.81. The molecule has 0 spiro atoms. The van der Waals surface area contributed by atoms with Crippen molar-refractivity contribution in [3.63, 3.8) is 0 Å². The van der Waals surface area contributed by atoms with Gasteiger partial charge in [-0.15, -0.1) is 0 Å². The average molecular weight is 110 g/mol. The van der Waals surface area contributed by atoms with Gasteiger partial charge in [0.1, 0.15) is 5.82 Å². The lowest BCUT2D eigenvalue weighted by Gasteiger charge is -1.89. The molecule has 8 heavy (non-hydrogen) atoms. The third-order valence-corrected chi connectivity index (χ3v) is 1.10. The Labute approximate surface area is 48.9 Å². The van der Waals surface area contributed by atoms with Crippen molar-refractivity contribution < 1.29 is 0 Å². The lowest BCUT2D eigenvalue weighted by atomic mass is 10.5. The van der Waals surface area contributed by atoms with Crippen LogP contribution in [0.15, 0.2) is 12.1 Å². The minimum atomic E-state index is 1.07. The monoisotopic (exact) mass is 110 g/mol. The summed E-state index contributed by atoms with van der Waals surface area (Å²) < 4.78 is 0. The van der Waals surface area contributed by atoms with Gasteiger partial charge in [-0.3, -0.25) is 0 Å². The van der Waals surface area contributed by atoms with Gasteiger partial charge in [0, 0.05) is 12.7 Å². The van der Waals surface area contributed by atoms with Crippen molar-refractivity contribution in [2.45, 2.75) is 6.92 Å². The van der Waals surface area contributed by atoms with E-state index in [2.05, 4.69) is 10.3 Å². The molecule has 1 heterocycles. The van der Waals surface area contributed by atoms with Gasteiger partial charge in [-0.25, -0.2) is 0 Å². The van der Waals surface area contributed by atoms with E-state index in [0.29, 0.717) is 0 Å². The molecule has 2 nitrogen and oxygen atoms in total. The highest BCUT2D eigenvalue weighted by molar-refractivity contribution is 5.35. The Kier molecular flexibility index (Phi) is 1.24. The van der Waals surface area contributed by atoms with Crippen LogP contribution in [0.1, 0.15) is 5.69 Å². The maximum Gasteiger partial charge on any atom is 0.103 e. The molecule has 0 radical (unpaired) electrons. The first-order valence-electron chi connectivity index (χ1n) is 2.66. The summed E-state index contributed by atoms with van der Waals surface area (Å²) in [6.45, 7) is 2.03. The first-order chi connectivity index (χ1) is 3.83. The number of aromatic nitrogens is 1. The molecule has 0 amide bonds. The summed E-state index contributed by atoms with van der Waals surface area (Å²) >= 11 is 0. The van der Waals surface area contributed by atoms with E-state index in [9.17, 15) is 0 Å². The van der Waals surface area contributed by atoms with Crippen LogP contribution in [0.25, 0.3) is 0 Å². The maximum absolute atomic E-state index is 3.11. The Balaban J connectivity index is 2.84. The number of H-pyrrole nitrogens is 1. The normalized spacial score (nSPS) is 9.25. The predicted octanol–water partition coefficient (Wildman–Crippen LogP) is 1.36. The summed E-state index contributed by atoms with van der Waals surface area (Å²) in [5.74, 6) is 1.07. The van der Waals surface area contributed by atoms with Crippen molar-refractivity contribution in [1.82, 2.24) is 4.98 Å². The van der Waals surface area contributed by atoms with Crippen LogP contribution in [0.4, 0.5) is 5.82 Å². The first kappa shape index (κ1) is 5.22. The van der Waals surface area contributed by atoms with Gasteiger partial charge in [-0.2, -0.15) is 0 Å². The first-order valence-corrected chi connectivity index (χ1v) is 2.66.